The molecule has 0 N–H and O–H groups in total. The van der Waals surface area contributed by atoms with Gasteiger partial charge in [0.2, 0.25) is 0 Å². The number of hydrogen-bond acceptors (Lipinski definition) is 3. The van der Waals surface area contributed by atoms with E-state index in [2.05, 4.69) is 48.1 Å². The zero-order valence-electron chi connectivity index (χ0n) is 8.80. The average molecular weight is 223 g/mol. The summed E-state index contributed by atoms with van der Waals surface area (Å²) in [6.45, 7) is 3.28. The van der Waals surface area contributed by atoms with Crippen LogP contribution in [0.2, 0.25) is 0 Å². The predicted molar refractivity (Wildman–Crippen MR) is 64.8 cm³/mol. The van der Waals surface area contributed by atoms with Gasteiger partial charge in [0.25, 0.3) is 0 Å². The zero-order valence-corrected chi connectivity index (χ0v) is 9.70. The largest absolute Gasteiger partial charge is 0.315 e. The molecule has 0 amide bonds. The van der Waals surface area contributed by atoms with Gasteiger partial charge in [-0.3, -0.25) is 4.90 Å². The Balaban J connectivity index is 1.82. The van der Waals surface area contributed by atoms with E-state index in [0.717, 1.165) is 32.5 Å². The van der Waals surface area contributed by atoms with Gasteiger partial charge in [-0.25, -0.2) is 0 Å². The van der Waals surface area contributed by atoms with Crippen molar-refractivity contribution in [3.8, 4) is 0 Å². The van der Waals surface area contributed by atoms with Crippen LogP contribution in [0.25, 0.3) is 0 Å². The molecule has 82 valence electrons. The van der Waals surface area contributed by atoms with Crippen LogP contribution in [-0.2, 0) is 10.7 Å². The third-order valence-electron chi connectivity index (χ3n) is 2.93. The van der Waals surface area contributed by atoms with Gasteiger partial charge in [-0.15, -0.1) is 0 Å². The summed E-state index contributed by atoms with van der Waals surface area (Å²) >= 11 is 3.87. The topological polar surface area (TPSA) is 12.5 Å². The Bertz CT molecular complexity index is 283. The van der Waals surface area contributed by atoms with Crippen LogP contribution in [0.15, 0.2) is 30.3 Å². The highest BCUT2D eigenvalue weighted by atomic mass is 32.1. The minimum absolute atomic E-state index is 0.348. The summed E-state index contributed by atoms with van der Waals surface area (Å²) in [5, 5.41) is 0. The van der Waals surface area contributed by atoms with Crippen LogP contribution in [0.5, 0.6) is 0 Å². The Labute approximate surface area is 96.9 Å². The number of piperidine rings is 1. The molecule has 0 unspecified atom stereocenters. The molecule has 0 bridgehead atoms. The Hall–Kier alpha value is -0.510. The van der Waals surface area contributed by atoms with Crippen molar-refractivity contribution in [3.63, 3.8) is 0 Å². The molecule has 15 heavy (non-hydrogen) atoms. The van der Waals surface area contributed by atoms with Crippen LogP contribution in [-0.4, -0.2) is 24.1 Å². The van der Waals surface area contributed by atoms with Gasteiger partial charge in [-0.2, -0.15) is 0 Å². The summed E-state index contributed by atoms with van der Waals surface area (Å²) in [5.41, 5.74) is 1.39. The lowest BCUT2D eigenvalue weighted by Gasteiger charge is -2.30. The molecule has 0 spiro atoms. The van der Waals surface area contributed by atoms with Crippen LogP contribution in [0.3, 0.4) is 0 Å². The van der Waals surface area contributed by atoms with E-state index in [1.54, 1.807) is 0 Å². The zero-order chi connectivity index (χ0) is 10.5. The highest BCUT2D eigenvalue weighted by molar-refractivity contribution is 7.75. The maximum absolute atomic E-state index is 5.06. The number of hydrogen-bond donors (Lipinski definition) is 1. The fourth-order valence-corrected chi connectivity index (χ4v) is 2.23. The van der Waals surface area contributed by atoms with E-state index < -0.39 is 0 Å². The van der Waals surface area contributed by atoms with Crippen molar-refractivity contribution in [1.29, 1.82) is 0 Å². The van der Waals surface area contributed by atoms with Crippen molar-refractivity contribution in [3.05, 3.63) is 35.9 Å². The van der Waals surface area contributed by atoms with Gasteiger partial charge < -0.3 is 4.18 Å². The van der Waals surface area contributed by atoms with Gasteiger partial charge in [0.05, 0.1) is 6.10 Å². The summed E-state index contributed by atoms with van der Waals surface area (Å²) in [6.07, 6.45) is 2.53. The first-order valence-corrected chi connectivity index (χ1v) is 5.81. The fourth-order valence-electron chi connectivity index (χ4n) is 2.01. The third kappa shape index (κ3) is 3.23. The second-order valence-corrected chi connectivity index (χ2v) is 4.28. The molecule has 0 atom stereocenters. The molecule has 2 rings (SSSR count). The lowest BCUT2D eigenvalue weighted by molar-refractivity contribution is 0.115. The Kier molecular flexibility index (Phi) is 4.06. The van der Waals surface area contributed by atoms with Crippen LogP contribution in [0.4, 0.5) is 0 Å². The van der Waals surface area contributed by atoms with E-state index in [9.17, 15) is 0 Å². The van der Waals surface area contributed by atoms with Crippen LogP contribution in [0, 0.1) is 0 Å². The summed E-state index contributed by atoms with van der Waals surface area (Å²) < 4.78 is 5.06. The molecule has 2 nitrogen and oxygen atoms in total. The Morgan fingerprint density at radius 1 is 1.20 bits per heavy atom. The molecule has 1 fully saturated rings. The Morgan fingerprint density at radius 2 is 1.87 bits per heavy atom. The monoisotopic (exact) mass is 223 g/mol. The van der Waals surface area contributed by atoms with E-state index in [-0.39, 0.29) is 0 Å². The van der Waals surface area contributed by atoms with E-state index in [1.165, 1.54) is 5.56 Å². The summed E-state index contributed by atoms with van der Waals surface area (Å²) in [4.78, 5) is 2.47. The van der Waals surface area contributed by atoms with Gasteiger partial charge in [-0.1, -0.05) is 30.3 Å². The molecule has 1 aromatic carbocycles. The normalized spacial score (nSPS) is 19.3. The first-order valence-electron chi connectivity index (χ1n) is 5.45. The predicted octanol–water partition coefficient (Wildman–Crippen LogP) is 2.51. The molecule has 1 aromatic rings. The quantitative estimate of drug-likeness (QED) is 0.624. The van der Waals surface area contributed by atoms with Crippen LogP contribution < -0.4 is 0 Å². The van der Waals surface area contributed by atoms with Crippen molar-refractivity contribution >= 4 is 12.9 Å². The Morgan fingerprint density at radius 3 is 2.47 bits per heavy atom. The minimum atomic E-state index is 0.348. The molecule has 1 aliphatic rings. The minimum Gasteiger partial charge on any atom is -0.315 e. The molecule has 0 aliphatic carbocycles. The molecule has 1 heterocycles. The van der Waals surface area contributed by atoms with Crippen molar-refractivity contribution in [2.75, 3.05) is 13.1 Å². The summed E-state index contributed by atoms with van der Waals surface area (Å²) in [7, 11) is 0. The number of rotatable bonds is 3. The van der Waals surface area contributed by atoms with Gasteiger partial charge in [-0.05, 0) is 31.3 Å². The molecule has 0 saturated carbocycles. The molecule has 3 heteroatoms. The molecular formula is C12H17NOS. The van der Waals surface area contributed by atoms with Gasteiger partial charge in [0.15, 0.2) is 0 Å². The highest BCUT2D eigenvalue weighted by Crippen LogP contribution is 2.16. The molecule has 0 aromatic heterocycles. The molecule has 0 radical (unpaired) electrons. The first-order chi connectivity index (χ1) is 7.38. The van der Waals surface area contributed by atoms with Gasteiger partial charge >= 0.3 is 0 Å². The number of thiol groups is 1. The van der Waals surface area contributed by atoms with Crippen molar-refractivity contribution < 1.29 is 4.18 Å². The smallest absolute Gasteiger partial charge is 0.0743 e. The second kappa shape index (κ2) is 5.54. The second-order valence-electron chi connectivity index (χ2n) is 4.07. The maximum atomic E-state index is 5.06. The van der Waals surface area contributed by atoms with Gasteiger partial charge in [0.1, 0.15) is 0 Å². The van der Waals surface area contributed by atoms with Crippen molar-refractivity contribution in [2.24, 2.45) is 0 Å². The molecular weight excluding hydrogens is 206 g/mol. The maximum Gasteiger partial charge on any atom is 0.0743 e. The van der Waals surface area contributed by atoms with E-state index in [4.69, 9.17) is 4.18 Å². The van der Waals surface area contributed by atoms with Gasteiger partial charge in [0, 0.05) is 19.6 Å². The SMILES string of the molecule is SOC1CCN(Cc2ccccc2)CC1. The first kappa shape index (κ1) is 11.0. The van der Waals surface area contributed by atoms with E-state index in [0.29, 0.717) is 6.10 Å². The molecule has 1 aliphatic heterocycles. The number of likely N-dealkylation sites (tertiary alicyclic amines) is 1. The van der Waals surface area contributed by atoms with E-state index >= 15 is 0 Å². The summed E-state index contributed by atoms with van der Waals surface area (Å²) in [5.74, 6) is 0. The highest BCUT2D eigenvalue weighted by Gasteiger charge is 2.18. The fraction of sp³-hybridized carbons (Fsp3) is 0.500. The standard InChI is InChI=1S/C12H17NOS/c15-14-12-6-8-13(9-7-12)10-11-4-2-1-3-5-11/h1-5,12,15H,6-10H2. The van der Waals surface area contributed by atoms with Crippen molar-refractivity contribution in [2.45, 2.75) is 25.5 Å². The lowest BCUT2D eigenvalue weighted by Crippen LogP contribution is -2.35. The average Bonchev–Trinajstić information content (AvgIpc) is 2.31. The van der Waals surface area contributed by atoms with Crippen molar-refractivity contribution in [1.82, 2.24) is 4.90 Å². The summed E-state index contributed by atoms with van der Waals surface area (Å²) in [6, 6.07) is 10.6. The van der Waals surface area contributed by atoms with Crippen LogP contribution in [0.1, 0.15) is 18.4 Å². The number of benzene rings is 1. The number of nitrogens with zero attached hydrogens (tertiary/aromatic N) is 1. The third-order valence-corrected chi connectivity index (χ3v) is 3.23. The van der Waals surface area contributed by atoms with Crippen LogP contribution >= 0.6 is 12.9 Å². The lowest BCUT2D eigenvalue weighted by atomic mass is 10.1. The van der Waals surface area contributed by atoms with E-state index in [1.807, 2.05) is 0 Å². The molecule has 1 saturated heterocycles.